The van der Waals surface area contributed by atoms with Gasteiger partial charge >= 0.3 is 0 Å². The van der Waals surface area contributed by atoms with Crippen LogP contribution in [0, 0.1) is 5.92 Å². The Morgan fingerprint density at radius 2 is 2.00 bits per heavy atom. The van der Waals surface area contributed by atoms with Gasteiger partial charge in [-0.1, -0.05) is 49.4 Å². The van der Waals surface area contributed by atoms with E-state index in [0.717, 1.165) is 12.1 Å². The number of hydrogen-bond acceptors (Lipinski definition) is 3. The third-order valence-corrected chi connectivity index (χ3v) is 4.21. The second kappa shape index (κ2) is 6.37. The molecule has 1 aliphatic heterocycles. The van der Waals surface area contributed by atoms with Gasteiger partial charge in [-0.3, -0.25) is 4.79 Å². The van der Waals surface area contributed by atoms with Gasteiger partial charge in [-0.2, -0.15) is 0 Å². The van der Waals surface area contributed by atoms with Crippen molar-refractivity contribution in [3.8, 4) is 0 Å². The predicted octanol–water partition coefficient (Wildman–Crippen LogP) is 2.58. The summed E-state index contributed by atoms with van der Waals surface area (Å²) in [6.45, 7) is 4.11. The molecule has 110 valence electrons. The summed E-state index contributed by atoms with van der Waals surface area (Å²) < 4.78 is 5.49. The number of Topliss-reactive ketones (excluding diaryl/α,β-unsaturated/α-hetero) is 1. The van der Waals surface area contributed by atoms with Crippen LogP contribution in [-0.4, -0.2) is 31.6 Å². The van der Waals surface area contributed by atoms with Crippen molar-refractivity contribution >= 4 is 16.6 Å². The van der Waals surface area contributed by atoms with Gasteiger partial charge in [0.25, 0.3) is 0 Å². The highest BCUT2D eigenvalue weighted by molar-refractivity contribution is 5.92. The van der Waals surface area contributed by atoms with Crippen LogP contribution < -0.4 is 5.32 Å². The summed E-state index contributed by atoms with van der Waals surface area (Å²) in [6.07, 6.45) is 0.483. The summed E-state index contributed by atoms with van der Waals surface area (Å²) in [5.74, 6) is 0.249. The van der Waals surface area contributed by atoms with Crippen LogP contribution in [0.15, 0.2) is 42.5 Å². The van der Waals surface area contributed by atoms with Crippen LogP contribution in [0.4, 0.5) is 0 Å². The quantitative estimate of drug-likeness (QED) is 0.916. The van der Waals surface area contributed by atoms with Gasteiger partial charge in [0.1, 0.15) is 5.78 Å². The summed E-state index contributed by atoms with van der Waals surface area (Å²) in [7, 11) is 0. The van der Waals surface area contributed by atoms with E-state index in [0.29, 0.717) is 19.6 Å². The Balaban J connectivity index is 1.80. The lowest BCUT2D eigenvalue weighted by Crippen LogP contribution is -2.39. The number of hydrogen-bond donors (Lipinski definition) is 1. The molecule has 2 atom stereocenters. The molecular weight excluding hydrogens is 262 g/mol. The molecule has 1 fully saturated rings. The Morgan fingerprint density at radius 3 is 2.86 bits per heavy atom. The van der Waals surface area contributed by atoms with E-state index in [1.54, 1.807) is 0 Å². The first-order valence-corrected chi connectivity index (χ1v) is 7.60. The molecule has 1 N–H and O–H groups in total. The number of ketones is 1. The molecule has 2 unspecified atom stereocenters. The lowest BCUT2D eigenvalue weighted by atomic mass is 9.92. The Bertz CT molecular complexity index is 633. The average molecular weight is 283 g/mol. The molecule has 1 saturated heterocycles. The van der Waals surface area contributed by atoms with E-state index in [1.807, 2.05) is 18.2 Å². The lowest BCUT2D eigenvalue weighted by Gasteiger charge is -2.17. The van der Waals surface area contributed by atoms with Crippen molar-refractivity contribution in [3.05, 3.63) is 48.0 Å². The zero-order valence-corrected chi connectivity index (χ0v) is 12.3. The van der Waals surface area contributed by atoms with Crippen molar-refractivity contribution < 1.29 is 9.53 Å². The summed E-state index contributed by atoms with van der Waals surface area (Å²) >= 11 is 0. The van der Waals surface area contributed by atoms with E-state index in [1.165, 1.54) is 10.8 Å². The summed E-state index contributed by atoms with van der Waals surface area (Å²) in [5.41, 5.74) is 1.11. The molecule has 0 amide bonds. The highest BCUT2D eigenvalue weighted by atomic mass is 16.5. The number of nitrogens with one attached hydrogen (secondary N) is 1. The smallest absolute Gasteiger partial charge is 0.144 e. The van der Waals surface area contributed by atoms with E-state index in [4.69, 9.17) is 4.74 Å². The fourth-order valence-electron chi connectivity index (χ4n) is 3.10. The van der Waals surface area contributed by atoms with Crippen molar-refractivity contribution in [3.63, 3.8) is 0 Å². The molecule has 0 aliphatic carbocycles. The van der Waals surface area contributed by atoms with Gasteiger partial charge in [-0.25, -0.2) is 0 Å². The van der Waals surface area contributed by atoms with E-state index < -0.39 is 0 Å². The Morgan fingerprint density at radius 1 is 1.19 bits per heavy atom. The molecule has 3 rings (SSSR count). The highest BCUT2D eigenvalue weighted by Gasteiger charge is 2.33. The Labute approximate surface area is 125 Å². The fraction of sp³-hybridized carbons (Fsp3) is 0.389. The highest BCUT2D eigenvalue weighted by Crippen LogP contribution is 2.22. The monoisotopic (exact) mass is 283 g/mol. The zero-order valence-electron chi connectivity index (χ0n) is 12.3. The number of likely N-dealkylation sites (N-methyl/N-ethyl adjacent to an activating group) is 1. The number of fused-ring (bicyclic) bond motifs is 1. The van der Waals surface area contributed by atoms with E-state index in [9.17, 15) is 4.79 Å². The van der Waals surface area contributed by atoms with Crippen LogP contribution >= 0.6 is 0 Å². The van der Waals surface area contributed by atoms with Gasteiger partial charge in [0.05, 0.1) is 19.1 Å². The zero-order chi connectivity index (χ0) is 14.7. The minimum atomic E-state index is -0.0241. The lowest BCUT2D eigenvalue weighted by molar-refractivity contribution is -0.122. The van der Waals surface area contributed by atoms with Crippen molar-refractivity contribution in [1.29, 1.82) is 0 Å². The molecule has 3 nitrogen and oxygen atoms in total. The molecule has 0 aromatic heterocycles. The molecule has 1 heterocycles. The van der Waals surface area contributed by atoms with E-state index in [-0.39, 0.29) is 17.7 Å². The number of benzene rings is 2. The van der Waals surface area contributed by atoms with Crippen LogP contribution in [0.25, 0.3) is 10.8 Å². The first-order valence-electron chi connectivity index (χ1n) is 7.60. The van der Waals surface area contributed by atoms with Crippen LogP contribution in [0.5, 0.6) is 0 Å². The van der Waals surface area contributed by atoms with Crippen molar-refractivity contribution in [2.75, 3.05) is 19.8 Å². The standard InChI is InChI=1S/C18H21NO2/c1-2-19-17-12-21-11-16(17)18(20)10-14-8-5-7-13-6-3-4-9-15(13)14/h3-9,16-17,19H,2,10-12H2,1H3. The van der Waals surface area contributed by atoms with Gasteiger partial charge in [0.2, 0.25) is 0 Å². The van der Waals surface area contributed by atoms with Crippen molar-refractivity contribution in [2.24, 2.45) is 5.92 Å². The molecule has 0 saturated carbocycles. The normalized spacial score (nSPS) is 21.8. The second-order valence-corrected chi connectivity index (χ2v) is 5.59. The van der Waals surface area contributed by atoms with Gasteiger partial charge in [-0.15, -0.1) is 0 Å². The molecular formula is C18H21NO2. The maximum absolute atomic E-state index is 12.6. The Kier molecular flexibility index (Phi) is 4.32. The third-order valence-electron chi connectivity index (χ3n) is 4.21. The maximum Gasteiger partial charge on any atom is 0.144 e. The summed E-state index contributed by atoms with van der Waals surface area (Å²) in [5, 5.41) is 5.71. The van der Waals surface area contributed by atoms with E-state index in [2.05, 4.69) is 36.5 Å². The van der Waals surface area contributed by atoms with Gasteiger partial charge in [0.15, 0.2) is 0 Å². The second-order valence-electron chi connectivity index (χ2n) is 5.59. The van der Waals surface area contributed by atoms with Crippen LogP contribution in [0.3, 0.4) is 0 Å². The van der Waals surface area contributed by atoms with Crippen molar-refractivity contribution in [2.45, 2.75) is 19.4 Å². The number of rotatable bonds is 5. The third kappa shape index (κ3) is 2.99. The van der Waals surface area contributed by atoms with Gasteiger partial charge in [0, 0.05) is 12.5 Å². The van der Waals surface area contributed by atoms with Crippen LogP contribution in [0.1, 0.15) is 12.5 Å². The molecule has 1 aliphatic rings. The summed E-state index contributed by atoms with van der Waals surface area (Å²) in [6, 6.07) is 14.6. The SMILES string of the molecule is CCNC1COCC1C(=O)Cc1cccc2ccccc12. The number of ether oxygens (including phenoxy) is 1. The van der Waals surface area contributed by atoms with Gasteiger partial charge in [-0.05, 0) is 22.9 Å². The molecule has 3 heteroatoms. The molecule has 0 bridgehead atoms. The number of carbonyl (C=O) groups is 1. The molecule has 2 aromatic rings. The Hall–Kier alpha value is -1.71. The largest absolute Gasteiger partial charge is 0.379 e. The minimum Gasteiger partial charge on any atom is -0.379 e. The minimum absolute atomic E-state index is 0.0241. The molecule has 0 radical (unpaired) electrons. The maximum atomic E-state index is 12.6. The summed E-state index contributed by atoms with van der Waals surface area (Å²) in [4.78, 5) is 12.6. The first kappa shape index (κ1) is 14.2. The molecule has 2 aromatic carbocycles. The van der Waals surface area contributed by atoms with Crippen LogP contribution in [-0.2, 0) is 16.0 Å². The van der Waals surface area contributed by atoms with E-state index >= 15 is 0 Å². The molecule has 0 spiro atoms. The van der Waals surface area contributed by atoms with Crippen LogP contribution in [0.2, 0.25) is 0 Å². The fourth-order valence-corrected chi connectivity index (χ4v) is 3.10. The number of carbonyl (C=O) groups excluding carboxylic acids is 1. The van der Waals surface area contributed by atoms with Crippen molar-refractivity contribution in [1.82, 2.24) is 5.32 Å². The average Bonchev–Trinajstić information content (AvgIpc) is 2.96. The first-order chi connectivity index (χ1) is 10.3. The van der Waals surface area contributed by atoms with Gasteiger partial charge < -0.3 is 10.1 Å². The molecule has 21 heavy (non-hydrogen) atoms. The predicted molar refractivity (Wildman–Crippen MR) is 84.4 cm³/mol. The topological polar surface area (TPSA) is 38.3 Å².